The van der Waals surface area contributed by atoms with E-state index in [2.05, 4.69) is 4.74 Å². The Morgan fingerprint density at radius 2 is 2.00 bits per heavy atom. The van der Waals surface area contributed by atoms with Crippen LogP contribution in [0.3, 0.4) is 0 Å². The number of hydrogen-bond acceptors (Lipinski definition) is 7. The van der Waals surface area contributed by atoms with Gasteiger partial charge in [0, 0.05) is 6.92 Å². The Hall–Kier alpha value is -0.440. The smallest absolute Gasteiger partial charge is 0.302 e. The van der Waals surface area contributed by atoms with Gasteiger partial charge in [-0.25, -0.2) is 0 Å². The number of rotatable bonds is 3. The molecule has 4 N–H and O–H groups in total. The number of hydrogen-bond donors (Lipinski definition) is 4. The minimum absolute atomic E-state index is 0.509. The van der Waals surface area contributed by atoms with Crippen LogP contribution >= 0.6 is 11.6 Å². The summed E-state index contributed by atoms with van der Waals surface area (Å²) in [5, 5.41) is 35.7. The zero-order valence-electron chi connectivity index (χ0n) is 9.12. The first-order chi connectivity index (χ1) is 7.81. The second kappa shape index (κ2) is 5.47. The molecule has 0 aromatic carbocycles. The van der Waals surface area contributed by atoms with E-state index >= 15 is 0 Å². The van der Waals surface area contributed by atoms with Crippen LogP contribution in [0.4, 0.5) is 0 Å². The molecule has 1 aliphatic heterocycles. The molecule has 5 atom stereocenters. The molecular formula is C9H15ClO7. The fraction of sp³-hybridized carbons (Fsp3) is 0.889. The van der Waals surface area contributed by atoms with Gasteiger partial charge in [-0.15, -0.1) is 0 Å². The van der Waals surface area contributed by atoms with E-state index in [4.69, 9.17) is 21.4 Å². The van der Waals surface area contributed by atoms with Gasteiger partial charge in [-0.05, 0) is 0 Å². The van der Waals surface area contributed by atoms with E-state index < -0.39 is 48.7 Å². The topological polar surface area (TPSA) is 116 Å². The van der Waals surface area contributed by atoms with Crippen LogP contribution in [-0.4, -0.2) is 69.1 Å². The largest absolute Gasteiger partial charge is 0.461 e. The highest BCUT2D eigenvalue weighted by Crippen LogP contribution is 2.33. The molecule has 17 heavy (non-hydrogen) atoms. The maximum absolute atomic E-state index is 10.7. The molecule has 100 valence electrons. The summed E-state index contributed by atoms with van der Waals surface area (Å²) >= 11 is 5.87. The molecule has 1 aliphatic rings. The monoisotopic (exact) mass is 270 g/mol. The highest BCUT2D eigenvalue weighted by Gasteiger charge is 2.53. The number of carbonyl (C=O) groups is 1. The van der Waals surface area contributed by atoms with Crippen molar-refractivity contribution >= 4 is 17.6 Å². The average Bonchev–Trinajstić information content (AvgIpc) is 2.29. The minimum atomic E-state index is -1.89. The van der Waals surface area contributed by atoms with E-state index in [1.54, 1.807) is 0 Å². The van der Waals surface area contributed by atoms with E-state index in [9.17, 15) is 20.1 Å². The van der Waals surface area contributed by atoms with Gasteiger partial charge in [0.15, 0.2) is 0 Å². The molecule has 1 fully saturated rings. The summed E-state index contributed by atoms with van der Waals surface area (Å²) in [5.41, 5.74) is 0. The first-order valence-corrected chi connectivity index (χ1v) is 5.34. The predicted molar refractivity (Wildman–Crippen MR) is 55.2 cm³/mol. The van der Waals surface area contributed by atoms with Crippen molar-refractivity contribution in [1.82, 2.24) is 0 Å². The van der Waals surface area contributed by atoms with Crippen LogP contribution in [0, 0.1) is 0 Å². The molecular weight excluding hydrogens is 256 g/mol. The molecule has 8 heteroatoms. The van der Waals surface area contributed by atoms with Crippen molar-refractivity contribution in [1.29, 1.82) is 0 Å². The maximum Gasteiger partial charge on any atom is 0.302 e. The minimum Gasteiger partial charge on any atom is -0.461 e. The van der Waals surface area contributed by atoms with E-state index in [1.807, 2.05) is 0 Å². The molecule has 7 nitrogen and oxygen atoms in total. The van der Waals surface area contributed by atoms with E-state index in [0.29, 0.717) is 0 Å². The summed E-state index contributed by atoms with van der Waals surface area (Å²) in [5.74, 6) is -0.637. The number of esters is 1. The summed E-state index contributed by atoms with van der Waals surface area (Å²) in [6.07, 6.45) is -5.89. The van der Waals surface area contributed by atoms with Crippen molar-refractivity contribution in [2.24, 2.45) is 0 Å². The SMILES string of the molecule is CC(=O)OCC1(Cl)O[C@H](CO)[C@@H](O)[C@H](O)[C@H]1O. The fourth-order valence-electron chi connectivity index (χ4n) is 1.52. The third-order valence-electron chi connectivity index (χ3n) is 2.50. The quantitative estimate of drug-likeness (QED) is 0.345. The van der Waals surface area contributed by atoms with Gasteiger partial charge in [0.2, 0.25) is 5.06 Å². The van der Waals surface area contributed by atoms with Crippen LogP contribution in [0.2, 0.25) is 0 Å². The lowest BCUT2D eigenvalue weighted by Crippen LogP contribution is -2.64. The zero-order chi connectivity index (χ0) is 13.2. The number of aliphatic hydroxyl groups is 4. The van der Waals surface area contributed by atoms with Gasteiger partial charge < -0.3 is 29.9 Å². The molecule has 0 spiro atoms. The Bertz CT molecular complexity index is 285. The lowest BCUT2D eigenvalue weighted by Gasteiger charge is -2.44. The Kier molecular flexibility index (Phi) is 4.70. The fourth-order valence-corrected chi connectivity index (χ4v) is 1.82. The van der Waals surface area contributed by atoms with Crippen LogP contribution in [-0.2, 0) is 14.3 Å². The van der Waals surface area contributed by atoms with Crippen LogP contribution in [0.1, 0.15) is 6.92 Å². The molecule has 0 aromatic heterocycles. The van der Waals surface area contributed by atoms with Gasteiger partial charge >= 0.3 is 5.97 Å². The highest BCUT2D eigenvalue weighted by molar-refractivity contribution is 6.23. The van der Waals surface area contributed by atoms with Crippen molar-refractivity contribution in [3.8, 4) is 0 Å². The van der Waals surface area contributed by atoms with Gasteiger partial charge in [0.25, 0.3) is 0 Å². The van der Waals surface area contributed by atoms with Crippen LogP contribution in [0.25, 0.3) is 0 Å². The Morgan fingerprint density at radius 3 is 2.47 bits per heavy atom. The summed E-state index contributed by atoms with van der Waals surface area (Å²) in [6.45, 7) is 0.0368. The van der Waals surface area contributed by atoms with Gasteiger partial charge in [-0.2, -0.15) is 0 Å². The molecule has 0 aromatic rings. The molecule has 0 amide bonds. The maximum atomic E-state index is 10.7. The number of aliphatic hydroxyl groups excluding tert-OH is 4. The molecule has 0 saturated carbocycles. The number of halogens is 1. The van der Waals surface area contributed by atoms with Crippen LogP contribution in [0.5, 0.6) is 0 Å². The molecule has 1 saturated heterocycles. The Labute approximate surface area is 103 Å². The summed E-state index contributed by atoms with van der Waals surface area (Å²) in [6, 6.07) is 0. The molecule has 0 aliphatic carbocycles. The van der Waals surface area contributed by atoms with E-state index in [1.165, 1.54) is 0 Å². The van der Waals surface area contributed by atoms with E-state index in [-0.39, 0.29) is 0 Å². The van der Waals surface area contributed by atoms with Gasteiger partial charge in [0.05, 0.1) is 6.61 Å². The van der Waals surface area contributed by atoms with Crippen molar-refractivity contribution in [3.63, 3.8) is 0 Å². The normalized spacial score (nSPS) is 42.2. The molecule has 1 unspecified atom stereocenters. The van der Waals surface area contributed by atoms with Gasteiger partial charge in [0.1, 0.15) is 31.0 Å². The highest BCUT2D eigenvalue weighted by atomic mass is 35.5. The molecule has 1 heterocycles. The third-order valence-corrected chi connectivity index (χ3v) is 2.92. The average molecular weight is 271 g/mol. The summed E-state index contributed by atoms with van der Waals surface area (Å²) in [7, 11) is 0. The molecule has 1 rings (SSSR count). The van der Waals surface area contributed by atoms with Gasteiger partial charge in [-0.1, -0.05) is 11.6 Å². The Balaban J connectivity index is 2.79. The lowest BCUT2D eigenvalue weighted by atomic mass is 9.95. The summed E-state index contributed by atoms with van der Waals surface area (Å²) < 4.78 is 9.65. The standard InChI is InChI=1S/C9H15ClO7/c1-4(12)16-3-9(10)8(15)7(14)6(13)5(2-11)17-9/h5-8,11,13-15H,2-3H2,1H3/t5-,6-,7+,8-,9?/m1/s1. The first kappa shape index (κ1) is 14.6. The first-order valence-electron chi connectivity index (χ1n) is 4.97. The van der Waals surface area contributed by atoms with Crippen molar-refractivity contribution in [2.45, 2.75) is 36.4 Å². The van der Waals surface area contributed by atoms with Crippen molar-refractivity contribution < 1.29 is 34.7 Å². The lowest BCUT2D eigenvalue weighted by molar-refractivity contribution is -0.254. The summed E-state index contributed by atoms with van der Waals surface area (Å²) in [4.78, 5) is 10.7. The van der Waals surface area contributed by atoms with Crippen molar-refractivity contribution in [3.05, 3.63) is 0 Å². The number of ether oxygens (including phenoxy) is 2. The second-order valence-electron chi connectivity index (χ2n) is 3.83. The predicted octanol–water partition coefficient (Wildman–Crippen LogP) is -2.04. The number of alkyl halides is 1. The van der Waals surface area contributed by atoms with Gasteiger partial charge in [-0.3, -0.25) is 4.79 Å². The van der Waals surface area contributed by atoms with Crippen molar-refractivity contribution in [2.75, 3.05) is 13.2 Å². The third kappa shape index (κ3) is 3.06. The number of carbonyl (C=O) groups excluding carboxylic acids is 1. The second-order valence-corrected chi connectivity index (χ2v) is 4.47. The molecule has 0 bridgehead atoms. The molecule has 0 radical (unpaired) electrons. The van der Waals surface area contributed by atoms with Crippen LogP contribution < -0.4 is 0 Å². The van der Waals surface area contributed by atoms with E-state index in [0.717, 1.165) is 6.92 Å². The Morgan fingerprint density at radius 1 is 1.41 bits per heavy atom. The van der Waals surface area contributed by atoms with Crippen LogP contribution in [0.15, 0.2) is 0 Å². The zero-order valence-corrected chi connectivity index (χ0v) is 9.87.